The first-order valence-electron chi connectivity index (χ1n) is 10.4. The van der Waals surface area contributed by atoms with E-state index < -0.39 is 0 Å². The molecular weight excluding hydrogens is 395 g/mol. The normalized spacial score (nSPS) is 16.4. The number of morpholine rings is 1. The molecule has 2 N–H and O–H groups in total. The van der Waals surface area contributed by atoms with Crippen LogP contribution in [0.5, 0.6) is 0 Å². The molecule has 3 aromatic rings. The Bertz CT molecular complexity index is 1150. The SMILES string of the molecule is O=C1NCCc2[nH]c(-c3ccnc(C=Cc4ccc(N5CCOCC5)cc4F)c3)cc21. The Morgan fingerprint density at radius 3 is 2.77 bits per heavy atom. The molecule has 1 aromatic carbocycles. The quantitative estimate of drug-likeness (QED) is 0.680. The van der Waals surface area contributed by atoms with Gasteiger partial charge in [-0.05, 0) is 48.6 Å². The summed E-state index contributed by atoms with van der Waals surface area (Å²) < 4.78 is 20.0. The average molecular weight is 418 g/mol. The molecule has 1 saturated heterocycles. The maximum Gasteiger partial charge on any atom is 0.253 e. The second-order valence-electron chi connectivity index (χ2n) is 7.69. The molecule has 0 radical (unpaired) electrons. The number of halogens is 1. The third-order valence-electron chi connectivity index (χ3n) is 5.69. The monoisotopic (exact) mass is 418 g/mol. The molecule has 31 heavy (non-hydrogen) atoms. The van der Waals surface area contributed by atoms with Gasteiger partial charge in [0.25, 0.3) is 5.91 Å². The van der Waals surface area contributed by atoms with E-state index in [0.717, 1.165) is 42.1 Å². The van der Waals surface area contributed by atoms with E-state index in [1.165, 1.54) is 0 Å². The number of ether oxygens (including phenoxy) is 1. The summed E-state index contributed by atoms with van der Waals surface area (Å²) in [6.07, 6.45) is 6.04. The highest BCUT2D eigenvalue weighted by Gasteiger charge is 2.20. The summed E-state index contributed by atoms with van der Waals surface area (Å²) in [5.41, 5.74) is 5.55. The molecule has 4 heterocycles. The van der Waals surface area contributed by atoms with E-state index in [4.69, 9.17) is 4.74 Å². The van der Waals surface area contributed by atoms with Crippen LogP contribution in [-0.2, 0) is 11.2 Å². The summed E-state index contributed by atoms with van der Waals surface area (Å²) >= 11 is 0. The molecule has 2 aromatic heterocycles. The molecule has 0 saturated carbocycles. The van der Waals surface area contributed by atoms with E-state index in [1.807, 2.05) is 24.3 Å². The lowest BCUT2D eigenvalue weighted by molar-refractivity contribution is 0.0946. The zero-order valence-electron chi connectivity index (χ0n) is 17.0. The second kappa shape index (κ2) is 8.35. The smallest absolute Gasteiger partial charge is 0.253 e. The number of anilines is 1. The highest BCUT2D eigenvalue weighted by molar-refractivity contribution is 5.97. The van der Waals surface area contributed by atoms with Gasteiger partial charge in [0.1, 0.15) is 5.82 Å². The van der Waals surface area contributed by atoms with Crippen LogP contribution in [0.4, 0.5) is 10.1 Å². The number of H-pyrrole nitrogens is 1. The third-order valence-corrected chi connectivity index (χ3v) is 5.69. The van der Waals surface area contributed by atoms with E-state index in [0.29, 0.717) is 36.6 Å². The maximum absolute atomic E-state index is 14.6. The van der Waals surface area contributed by atoms with Gasteiger partial charge in [-0.25, -0.2) is 4.39 Å². The van der Waals surface area contributed by atoms with Crippen LogP contribution < -0.4 is 10.2 Å². The standard InChI is InChI=1S/C24H23FN4O2/c25-21-14-19(29-9-11-31-12-10-29)4-2-16(21)1-3-18-13-17(5-7-26-18)23-15-20-22(28-23)6-8-27-24(20)30/h1-5,7,13-15,28H,6,8-12H2,(H,27,30). The first-order chi connectivity index (χ1) is 15.2. The van der Waals surface area contributed by atoms with Gasteiger partial charge in [-0.15, -0.1) is 0 Å². The summed E-state index contributed by atoms with van der Waals surface area (Å²) in [6, 6.07) is 11.0. The average Bonchev–Trinajstić information content (AvgIpc) is 3.25. The van der Waals surface area contributed by atoms with Crippen molar-refractivity contribution in [3.05, 3.63) is 70.9 Å². The number of pyridine rings is 1. The first-order valence-corrected chi connectivity index (χ1v) is 10.4. The molecule has 7 heteroatoms. The minimum Gasteiger partial charge on any atom is -0.378 e. The van der Waals surface area contributed by atoms with Crippen molar-refractivity contribution in [1.82, 2.24) is 15.3 Å². The predicted molar refractivity (Wildman–Crippen MR) is 118 cm³/mol. The van der Waals surface area contributed by atoms with Crippen LogP contribution in [0.2, 0.25) is 0 Å². The highest BCUT2D eigenvalue weighted by atomic mass is 19.1. The molecule has 5 rings (SSSR count). The van der Waals surface area contributed by atoms with Crippen molar-refractivity contribution in [3.63, 3.8) is 0 Å². The van der Waals surface area contributed by atoms with Gasteiger partial charge in [-0.2, -0.15) is 0 Å². The molecule has 2 aliphatic heterocycles. The summed E-state index contributed by atoms with van der Waals surface area (Å²) in [4.78, 5) is 21.9. The van der Waals surface area contributed by atoms with Crippen molar-refractivity contribution in [2.24, 2.45) is 0 Å². The number of rotatable bonds is 4. The molecule has 1 amide bonds. The summed E-state index contributed by atoms with van der Waals surface area (Å²) in [6.45, 7) is 3.52. The number of benzene rings is 1. The molecule has 0 spiro atoms. The number of nitrogens with one attached hydrogen (secondary N) is 2. The van der Waals surface area contributed by atoms with Crippen LogP contribution in [0.15, 0.2) is 42.6 Å². The Labute approximate surface area is 179 Å². The van der Waals surface area contributed by atoms with Gasteiger partial charge in [-0.1, -0.05) is 0 Å². The van der Waals surface area contributed by atoms with Gasteiger partial charge in [-0.3, -0.25) is 9.78 Å². The molecule has 1 fully saturated rings. The summed E-state index contributed by atoms with van der Waals surface area (Å²) in [5, 5.41) is 2.86. The van der Waals surface area contributed by atoms with Crippen LogP contribution in [0, 0.1) is 5.82 Å². The topological polar surface area (TPSA) is 70.2 Å². The van der Waals surface area contributed by atoms with E-state index in [-0.39, 0.29) is 11.7 Å². The zero-order valence-corrected chi connectivity index (χ0v) is 17.0. The largest absolute Gasteiger partial charge is 0.378 e. The van der Waals surface area contributed by atoms with Crippen molar-refractivity contribution < 1.29 is 13.9 Å². The number of aromatic nitrogens is 2. The number of amides is 1. The number of nitrogens with zero attached hydrogens (tertiary/aromatic N) is 2. The lowest BCUT2D eigenvalue weighted by atomic mass is 10.1. The second-order valence-corrected chi connectivity index (χ2v) is 7.69. The molecule has 6 nitrogen and oxygen atoms in total. The van der Waals surface area contributed by atoms with E-state index in [9.17, 15) is 9.18 Å². The van der Waals surface area contributed by atoms with Crippen LogP contribution in [0.3, 0.4) is 0 Å². The Hall–Kier alpha value is -3.45. The number of aromatic amines is 1. The summed E-state index contributed by atoms with van der Waals surface area (Å²) in [5.74, 6) is -0.312. The van der Waals surface area contributed by atoms with Crippen LogP contribution >= 0.6 is 0 Å². The Kier molecular flexibility index (Phi) is 5.26. The Balaban J connectivity index is 1.35. The number of carbonyl (C=O) groups is 1. The third kappa shape index (κ3) is 4.09. The Morgan fingerprint density at radius 1 is 1.10 bits per heavy atom. The molecule has 158 valence electrons. The van der Waals surface area contributed by atoms with Gasteiger partial charge < -0.3 is 19.9 Å². The van der Waals surface area contributed by atoms with Crippen molar-refractivity contribution in [2.75, 3.05) is 37.7 Å². The van der Waals surface area contributed by atoms with Gasteiger partial charge in [0, 0.05) is 60.5 Å². The Morgan fingerprint density at radius 2 is 1.97 bits per heavy atom. The lowest BCUT2D eigenvalue weighted by Gasteiger charge is -2.28. The lowest BCUT2D eigenvalue weighted by Crippen LogP contribution is -2.36. The fraction of sp³-hybridized carbons (Fsp3) is 0.250. The zero-order chi connectivity index (χ0) is 21.2. The minimum atomic E-state index is -0.264. The van der Waals surface area contributed by atoms with Gasteiger partial charge >= 0.3 is 0 Å². The van der Waals surface area contributed by atoms with Crippen LogP contribution in [-0.4, -0.2) is 48.7 Å². The number of hydrogen-bond acceptors (Lipinski definition) is 4. The fourth-order valence-electron chi connectivity index (χ4n) is 4.00. The molecule has 0 unspecified atom stereocenters. The van der Waals surface area contributed by atoms with Crippen molar-refractivity contribution in [2.45, 2.75) is 6.42 Å². The molecule has 2 aliphatic rings. The van der Waals surface area contributed by atoms with E-state index in [2.05, 4.69) is 20.2 Å². The van der Waals surface area contributed by atoms with Crippen molar-refractivity contribution in [3.8, 4) is 11.3 Å². The van der Waals surface area contributed by atoms with E-state index >= 15 is 0 Å². The number of hydrogen-bond donors (Lipinski definition) is 2. The van der Waals surface area contributed by atoms with Crippen molar-refractivity contribution >= 4 is 23.7 Å². The molecule has 0 aliphatic carbocycles. The summed E-state index contributed by atoms with van der Waals surface area (Å²) in [7, 11) is 0. The predicted octanol–water partition coefficient (Wildman–Crippen LogP) is 3.51. The van der Waals surface area contributed by atoms with E-state index in [1.54, 1.807) is 30.5 Å². The first kappa shape index (κ1) is 19.5. The van der Waals surface area contributed by atoms with Crippen LogP contribution in [0.25, 0.3) is 23.4 Å². The molecule has 0 atom stereocenters. The molecular formula is C24H23FN4O2. The molecule has 0 bridgehead atoms. The number of carbonyl (C=O) groups excluding carboxylic acids is 1. The van der Waals surface area contributed by atoms with Crippen molar-refractivity contribution in [1.29, 1.82) is 0 Å². The van der Waals surface area contributed by atoms with Gasteiger partial charge in [0.15, 0.2) is 0 Å². The van der Waals surface area contributed by atoms with Crippen LogP contribution in [0.1, 0.15) is 27.3 Å². The van der Waals surface area contributed by atoms with Gasteiger partial charge in [0.2, 0.25) is 0 Å². The number of fused-ring (bicyclic) bond motifs is 1. The highest BCUT2D eigenvalue weighted by Crippen LogP contribution is 2.25. The van der Waals surface area contributed by atoms with Gasteiger partial charge in [0.05, 0.1) is 24.5 Å². The fourth-order valence-corrected chi connectivity index (χ4v) is 4.00. The maximum atomic E-state index is 14.6. The minimum absolute atomic E-state index is 0.0473.